The molecule has 82 valence electrons. The van der Waals surface area contributed by atoms with Crippen molar-refractivity contribution in [2.45, 2.75) is 25.3 Å². The van der Waals surface area contributed by atoms with Gasteiger partial charge in [0.1, 0.15) is 0 Å². The van der Waals surface area contributed by atoms with E-state index in [0.29, 0.717) is 11.4 Å². The highest BCUT2D eigenvalue weighted by Crippen LogP contribution is 2.17. The maximum absolute atomic E-state index is 10.6. The second-order valence-electron chi connectivity index (χ2n) is 4.03. The lowest BCUT2D eigenvalue weighted by atomic mass is 9.91. The highest BCUT2D eigenvalue weighted by Gasteiger charge is 2.22. The van der Waals surface area contributed by atoms with Gasteiger partial charge in [-0.1, -0.05) is 23.7 Å². The molecule has 4 heteroatoms. The molecule has 0 radical (unpaired) electrons. The lowest BCUT2D eigenvalue weighted by molar-refractivity contribution is -0.138. The average molecular weight is 228 g/mol. The van der Waals surface area contributed by atoms with E-state index in [9.17, 15) is 4.79 Å². The summed E-state index contributed by atoms with van der Waals surface area (Å²) in [6.45, 7) is 1.72. The predicted octanol–water partition coefficient (Wildman–Crippen LogP) is 2.07. The molecular weight excluding hydrogens is 214 g/mol. The van der Waals surface area contributed by atoms with Crippen molar-refractivity contribution in [2.75, 3.05) is 0 Å². The van der Waals surface area contributed by atoms with Crippen LogP contribution in [0.4, 0.5) is 0 Å². The average Bonchev–Trinajstić information content (AvgIpc) is 1.99. The van der Waals surface area contributed by atoms with Gasteiger partial charge in [0.15, 0.2) is 0 Å². The van der Waals surface area contributed by atoms with E-state index in [-0.39, 0.29) is 6.42 Å². The van der Waals surface area contributed by atoms with Gasteiger partial charge < -0.3 is 10.8 Å². The third-order valence-corrected chi connectivity index (χ3v) is 2.29. The summed E-state index contributed by atoms with van der Waals surface area (Å²) in [5.41, 5.74) is 6.09. The highest BCUT2D eigenvalue weighted by molar-refractivity contribution is 6.30. The molecule has 0 saturated carbocycles. The van der Waals surface area contributed by atoms with E-state index in [1.54, 1.807) is 19.1 Å². The fourth-order valence-electron chi connectivity index (χ4n) is 1.52. The molecule has 0 aliphatic heterocycles. The van der Waals surface area contributed by atoms with Crippen molar-refractivity contribution in [3.8, 4) is 0 Å². The van der Waals surface area contributed by atoms with Crippen LogP contribution >= 0.6 is 11.6 Å². The van der Waals surface area contributed by atoms with Crippen LogP contribution in [0.5, 0.6) is 0 Å². The molecule has 15 heavy (non-hydrogen) atoms. The zero-order chi connectivity index (χ0) is 11.5. The number of carbonyl (C=O) groups is 1. The van der Waals surface area contributed by atoms with E-state index in [1.807, 2.05) is 12.1 Å². The molecule has 0 bridgehead atoms. The Labute approximate surface area is 93.9 Å². The minimum absolute atomic E-state index is 0.0560. The molecule has 1 aromatic rings. The summed E-state index contributed by atoms with van der Waals surface area (Å²) >= 11 is 5.82. The molecule has 0 amide bonds. The van der Waals surface area contributed by atoms with Crippen molar-refractivity contribution in [3.63, 3.8) is 0 Å². The number of hydrogen-bond donors (Lipinski definition) is 2. The highest BCUT2D eigenvalue weighted by atomic mass is 35.5. The van der Waals surface area contributed by atoms with E-state index in [2.05, 4.69) is 0 Å². The Balaban J connectivity index is 2.72. The van der Waals surface area contributed by atoms with Crippen molar-refractivity contribution in [1.29, 1.82) is 0 Å². The van der Waals surface area contributed by atoms with E-state index in [1.165, 1.54) is 0 Å². The Kier molecular flexibility index (Phi) is 3.72. The number of aliphatic carboxylic acids is 1. The summed E-state index contributed by atoms with van der Waals surface area (Å²) in [5.74, 6) is -0.887. The summed E-state index contributed by atoms with van der Waals surface area (Å²) < 4.78 is 0. The monoisotopic (exact) mass is 227 g/mol. The lowest BCUT2D eigenvalue weighted by Crippen LogP contribution is -2.40. The van der Waals surface area contributed by atoms with Crippen LogP contribution in [0.25, 0.3) is 0 Å². The van der Waals surface area contributed by atoms with E-state index in [4.69, 9.17) is 22.4 Å². The summed E-state index contributed by atoms with van der Waals surface area (Å²) in [4.78, 5) is 10.6. The first-order valence-corrected chi connectivity index (χ1v) is 5.02. The third-order valence-electron chi connectivity index (χ3n) is 2.05. The van der Waals surface area contributed by atoms with Crippen molar-refractivity contribution < 1.29 is 9.90 Å². The van der Waals surface area contributed by atoms with E-state index in [0.717, 1.165) is 5.56 Å². The molecule has 0 aromatic heterocycles. The molecule has 1 rings (SSSR count). The molecular formula is C11H14ClNO2. The Morgan fingerprint density at radius 3 is 2.80 bits per heavy atom. The standard InChI is InChI=1S/C11H14ClNO2/c1-11(13,7-10(14)15)6-8-3-2-4-9(12)5-8/h2-5H,6-7,13H2,1H3,(H,14,15). The van der Waals surface area contributed by atoms with Gasteiger partial charge in [0.25, 0.3) is 0 Å². The van der Waals surface area contributed by atoms with Crippen LogP contribution in [-0.4, -0.2) is 16.6 Å². The van der Waals surface area contributed by atoms with Gasteiger partial charge in [0.05, 0.1) is 6.42 Å². The number of hydrogen-bond acceptors (Lipinski definition) is 2. The Morgan fingerprint density at radius 2 is 2.27 bits per heavy atom. The van der Waals surface area contributed by atoms with Crippen LogP contribution in [0.15, 0.2) is 24.3 Å². The largest absolute Gasteiger partial charge is 0.481 e. The summed E-state index contributed by atoms with van der Waals surface area (Å²) in [6, 6.07) is 7.29. The van der Waals surface area contributed by atoms with Gasteiger partial charge >= 0.3 is 5.97 Å². The van der Waals surface area contributed by atoms with Crippen LogP contribution in [0.1, 0.15) is 18.9 Å². The number of benzene rings is 1. The first kappa shape index (κ1) is 12.0. The lowest BCUT2D eigenvalue weighted by Gasteiger charge is -2.22. The van der Waals surface area contributed by atoms with Gasteiger partial charge in [-0.25, -0.2) is 0 Å². The van der Waals surface area contributed by atoms with Crippen LogP contribution in [0, 0.1) is 0 Å². The second-order valence-corrected chi connectivity index (χ2v) is 4.47. The molecule has 3 nitrogen and oxygen atoms in total. The van der Waals surface area contributed by atoms with Crippen LogP contribution in [0.3, 0.4) is 0 Å². The van der Waals surface area contributed by atoms with Gasteiger partial charge in [0.2, 0.25) is 0 Å². The van der Waals surface area contributed by atoms with Crippen molar-refractivity contribution in [1.82, 2.24) is 0 Å². The Bertz CT molecular complexity index is 363. The van der Waals surface area contributed by atoms with Gasteiger partial charge in [-0.2, -0.15) is 0 Å². The van der Waals surface area contributed by atoms with Crippen LogP contribution < -0.4 is 5.73 Å². The number of carboxylic acids is 1. The zero-order valence-corrected chi connectivity index (χ0v) is 9.29. The molecule has 0 heterocycles. The van der Waals surface area contributed by atoms with Crippen molar-refractivity contribution >= 4 is 17.6 Å². The van der Waals surface area contributed by atoms with Crippen LogP contribution in [0.2, 0.25) is 5.02 Å². The molecule has 1 unspecified atom stereocenters. The minimum atomic E-state index is -0.887. The van der Waals surface area contributed by atoms with Gasteiger partial charge in [-0.05, 0) is 31.0 Å². The van der Waals surface area contributed by atoms with Gasteiger partial charge in [-0.3, -0.25) is 4.79 Å². The number of halogens is 1. The molecule has 0 fully saturated rings. The van der Waals surface area contributed by atoms with E-state index < -0.39 is 11.5 Å². The maximum Gasteiger partial charge on any atom is 0.305 e. The summed E-state index contributed by atoms with van der Waals surface area (Å²) in [6.07, 6.45) is 0.444. The first-order valence-electron chi connectivity index (χ1n) is 4.64. The molecule has 1 atom stereocenters. The molecule has 0 saturated heterocycles. The number of rotatable bonds is 4. The Morgan fingerprint density at radius 1 is 1.60 bits per heavy atom. The third kappa shape index (κ3) is 4.32. The zero-order valence-electron chi connectivity index (χ0n) is 8.53. The second kappa shape index (κ2) is 4.64. The van der Waals surface area contributed by atoms with Crippen molar-refractivity contribution in [3.05, 3.63) is 34.9 Å². The number of carboxylic acid groups (broad SMARTS) is 1. The Hall–Kier alpha value is -1.06. The van der Waals surface area contributed by atoms with Gasteiger partial charge in [0, 0.05) is 10.6 Å². The minimum Gasteiger partial charge on any atom is -0.481 e. The topological polar surface area (TPSA) is 63.3 Å². The molecule has 1 aromatic carbocycles. The SMILES string of the molecule is CC(N)(CC(=O)O)Cc1cccc(Cl)c1. The van der Waals surface area contributed by atoms with Crippen LogP contribution in [-0.2, 0) is 11.2 Å². The van der Waals surface area contributed by atoms with E-state index >= 15 is 0 Å². The molecule has 0 spiro atoms. The normalized spacial score (nSPS) is 14.6. The van der Waals surface area contributed by atoms with Gasteiger partial charge in [-0.15, -0.1) is 0 Å². The summed E-state index contributed by atoms with van der Waals surface area (Å²) in [5, 5.41) is 9.31. The molecule has 0 aliphatic carbocycles. The smallest absolute Gasteiger partial charge is 0.305 e. The van der Waals surface area contributed by atoms with Crippen molar-refractivity contribution in [2.24, 2.45) is 5.73 Å². The fraction of sp³-hybridized carbons (Fsp3) is 0.364. The predicted molar refractivity (Wildman–Crippen MR) is 60.0 cm³/mol. The molecule has 0 aliphatic rings. The first-order chi connectivity index (χ1) is 6.89. The quantitative estimate of drug-likeness (QED) is 0.828. The number of nitrogens with two attached hydrogens (primary N) is 1. The molecule has 3 N–H and O–H groups in total. The maximum atomic E-state index is 10.6. The summed E-state index contributed by atoms with van der Waals surface area (Å²) in [7, 11) is 0. The fourth-order valence-corrected chi connectivity index (χ4v) is 1.73.